The maximum Gasteiger partial charge on any atom is 0.328 e. The molecule has 1 atom stereocenters. The molecule has 0 saturated carbocycles. The predicted octanol–water partition coefficient (Wildman–Crippen LogP) is 8.38. The largest absolute Gasteiger partial charge is 0.464 e. The molecule has 0 aliphatic carbocycles. The first-order chi connectivity index (χ1) is 17.0. The number of hydrogen-bond acceptors (Lipinski definition) is 3. The Labute approximate surface area is 213 Å². The first kappa shape index (κ1) is 31.1. The van der Waals surface area contributed by atoms with Crippen molar-refractivity contribution >= 4 is 11.9 Å². The molecule has 35 heavy (non-hydrogen) atoms. The minimum atomic E-state index is -0.744. The summed E-state index contributed by atoms with van der Waals surface area (Å²) < 4.78 is 18.8. The van der Waals surface area contributed by atoms with E-state index in [0.29, 0.717) is 6.61 Å². The molecule has 1 rings (SSSR count). The van der Waals surface area contributed by atoms with Gasteiger partial charge in [-0.1, -0.05) is 123 Å². The van der Waals surface area contributed by atoms with Crippen molar-refractivity contribution in [2.45, 2.75) is 130 Å². The van der Waals surface area contributed by atoms with Crippen LogP contribution in [0, 0.1) is 11.7 Å². The number of ether oxygens (including phenoxy) is 1. The van der Waals surface area contributed by atoms with Crippen molar-refractivity contribution in [3.05, 3.63) is 35.6 Å². The van der Waals surface area contributed by atoms with E-state index in [1.807, 2.05) is 13.8 Å². The van der Waals surface area contributed by atoms with Crippen LogP contribution in [0.25, 0.3) is 0 Å². The van der Waals surface area contributed by atoms with Gasteiger partial charge in [0, 0.05) is 5.56 Å². The number of carbonyl (C=O) groups is 2. The Kier molecular flexibility index (Phi) is 18.0. The van der Waals surface area contributed by atoms with E-state index in [2.05, 4.69) is 12.2 Å². The highest BCUT2D eigenvalue weighted by atomic mass is 19.1. The zero-order chi connectivity index (χ0) is 25.7. The van der Waals surface area contributed by atoms with Gasteiger partial charge in [0.25, 0.3) is 5.91 Å². The second kappa shape index (κ2) is 20.3. The highest BCUT2D eigenvalue weighted by molar-refractivity contribution is 5.96. The van der Waals surface area contributed by atoms with Crippen LogP contribution in [-0.4, -0.2) is 24.5 Å². The van der Waals surface area contributed by atoms with Gasteiger partial charge >= 0.3 is 5.97 Å². The van der Waals surface area contributed by atoms with Crippen molar-refractivity contribution in [2.75, 3.05) is 6.61 Å². The van der Waals surface area contributed by atoms with Crippen LogP contribution in [0.2, 0.25) is 0 Å². The molecule has 0 bridgehead atoms. The molecule has 1 amide bonds. The smallest absolute Gasteiger partial charge is 0.328 e. The lowest BCUT2D eigenvalue weighted by molar-refractivity contribution is -0.147. The van der Waals surface area contributed by atoms with Gasteiger partial charge < -0.3 is 10.1 Å². The van der Waals surface area contributed by atoms with Crippen molar-refractivity contribution < 1.29 is 18.7 Å². The molecule has 1 aromatic carbocycles. The van der Waals surface area contributed by atoms with E-state index in [9.17, 15) is 14.0 Å². The molecular formula is C30H50FNO3. The van der Waals surface area contributed by atoms with Crippen molar-refractivity contribution in [3.63, 3.8) is 0 Å². The van der Waals surface area contributed by atoms with E-state index in [1.165, 1.54) is 108 Å². The summed E-state index contributed by atoms with van der Waals surface area (Å²) in [6, 6.07) is 4.70. The maximum absolute atomic E-state index is 13.4. The zero-order valence-corrected chi connectivity index (χ0v) is 22.6. The molecule has 0 radical (unpaired) electrons. The third-order valence-electron chi connectivity index (χ3n) is 6.54. The highest BCUT2D eigenvalue weighted by Gasteiger charge is 2.26. The summed E-state index contributed by atoms with van der Waals surface area (Å²) >= 11 is 0. The molecule has 1 unspecified atom stereocenters. The fourth-order valence-corrected chi connectivity index (χ4v) is 4.26. The molecule has 0 fully saturated rings. The van der Waals surface area contributed by atoms with Crippen LogP contribution >= 0.6 is 0 Å². The highest BCUT2D eigenvalue weighted by Crippen LogP contribution is 2.14. The molecule has 5 heteroatoms. The van der Waals surface area contributed by atoms with E-state index in [0.717, 1.165) is 18.9 Å². The topological polar surface area (TPSA) is 55.4 Å². The first-order valence-corrected chi connectivity index (χ1v) is 14.2. The van der Waals surface area contributed by atoms with Gasteiger partial charge in [0.1, 0.15) is 11.9 Å². The summed E-state index contributed by atoms with van der Waals surface area (Å²) in [7, 11) is 0. The number of amides is 1. The van der Waals surface area contributed by atoms with Crippen LogP contribution in [-0.2, 0) is 9.53 Å². The van der Waals surface area contributed by atoms with Crippen LogP contribution in [0.1, 0.15) is 134 Å². The third kappa shape index (κ3) is 15.6. The molecule has 200 valence electrons. The van der Waals surface area contributed by atoms with Crippen LogP contribution in [0.5, 0.6) is 0 Å². The fourth-order valence-electron chi connectivity index (χ4n) is 4.26. The molecule has 0 aliphatic rings. The second-order valence-corrected chi connectivity index (χ2v) is 10.2. The van der Waals surface area contributed by atoms with Crippen LogP contribution < -0.4 is 5.32 Å². The summed E-state index contributed by atoms with van der Waals surface area (Å²) in [6.07, 6.45) is 20.8. The molecule has 1 N–H and O–H groups in total. The Hall–Kier alpha value is -1.91. The number of carbonyl (C=O) groups excluding carboxylic acids is 2. The standard InChI is InChI=1S/C30H50FNO3/c1-4-5-6-7-8-9-10-11-12-13-14-15-16-17-18-19-23-35-30(34)28(25(2)3)32-29(33)26-21-20-22-27(31)24-26/h20-22,24-25,28H,4-19,23H2,1-3H3,(H,32,33). The summed E-state index contributed by atoms with van der Waals surface area (Å²) in [6.45, 7) is 6.35. The van der Waals surface area contributed by atoms with Crippen LogP contribution in [0.15, 0.2) is 24.3 Å². The summed E-state index contributed by atoms with van der Waals surface area (Å²) in [5.41, 5.74) is 0.196. The SMILES string of the molecule is CCCCCCCCCCCCCCCCCCOC(=O)C(NC(=O)c1cccc(F)c1)C(C)C. The predicted molar refractivity (Wildman–Crippen MR) is 143 cm³/mol. The van der Waals surface area contributed by atoms with Crippen molar-refractivity contribution in [2.24, 2.45) is 5.92 Å². The van der Waals surface area contributed by atoms with Crippen molar-refractivity contribution in [1.29, 1.82) is 0 Å². The van der Waals surface area contributed by atoms with Gasteiger partial charge in [0.15, 0.2) is 0 Å². The number of hydrogen-bond donors (Lipinski definition) is 1. The number of nitrogens with one attached hydrogen (secondary N) is 1. The molecule has 0 aliphatic heterocycles. The average molecular weight is 492 g/mol. The Morgan fingerprint density at radius 3 is 1.74 bits per heavy atom. The lowest BCUT2D eigenvalue weighted by atomic mass is 10.0. The van der Waals surface area contributed by atoms with Gasteiger partial charge in [-0.3, -0.25) is 4.79 Å². The van der Waals surface area contributed by atoms with Gasteiger partial charge in [0.05, 0.1) is 6.61 Å². The molecular weight excluding hydrogens is 441 g/mol. The Bertz CT molecular complexity index is 692. The van der Waals surface area contributed by atoms with E-state index >= 15 is 0 Å². The molecule has 0 spiro atoms. The Morgan fingerprint density at radius 2 is 1.29 bits per heavy atom. The third-order valence-corrected chi connectivity index (χ3v) is 6.54. The molecule has 1 aromatic rings. The monoisotopic (exact) mass is 491 g/mol. The van der Waals surface area contributed by atoms with Crippen LogP contribution in [0.4, 0.5) is 4.39 Å². The van der Waals surface area contributed by atoms with Gasteiger partial charge in [-0.15, -0.1) is 0 Å². The first-order valence-electron chi connectivity index (χ1n) is 14.2. The maximum atomic E-state index is 13.4. The second-order valence-electron chi connectivity index (χ2n) is 10.2. The Balaban J connectivity index is 2.02. The fraction of sp³-hybridized carbons (Fsp3) is 0.733. The van der Waals surface area contributed by atoms with Crippen molar-refractivity contribution in [1.82, 2.24) is 5.32 Å². The van der Waals surface area contributed by atoms with E-state index in [-0.39, 0.29) is 11.5 Å². The van der Waals surface area contributed by atoms with E-state index in [4.69, 9.17) is 4.74 Å². The lowest BCUT2D eigenvalue weighted by Gasteiger charge is -2.21. The minimum Gasteiger partial charge on any atom is -0.464 e. The lowest BCUT2D eigenvalue weighted by Crippen LogP contribution is -2.45. The number of unbranched alkanes of at least 4 members (excludes halogenated alkanes) is 15. The Morgan fingerprint density at radius 1 is 0.800 bits per heavy atom. The van der Waals surface area contributed by atoms with Crippen molar-refractivity contribution in [3.8, 4) is 0 Å². The van der Waals surface area contributed by atoms with Crippen LogP contribution in [0.3, 0.4) is 0 Å². The number of rotatable bonds is 21. The van der Waals surface area contributed by atoms with Gasteiger partial charge in [-0.2, -0.15) is 0 Å². The molecule has 0 aromatic heterocycles. The quantitative estimate of drug-likeness (QED) is 0.139. The number of esters is 1. The van der Waals surface area contributed by atoms with Gasteiger partial charge in [-0.25, -0.2) is 9.18 Å². The molecule has 4 nitrogen and oxygen atoms in total. The van der Waals surface area contributed by atoms with E-state index in [1.54, 1.807) is 0 Å². The number of benzene rings is 1. The van der Waals surface area contributed by atoms with Gasteiger partial charge in [0.2, 0.25) is 0 Å². The van der Waals surface area contributed by atoms with Gasteiger partial charge in [-0.05, 0) is 30.5 Å². The summed E-state index contributed by atoms with van der Waals surface area (Å²) in [5, 5.41) is 2.69. The average Bonchev–Trinajstić information content (AvgIpc) is 2.84. The summed E-state index contributed by atoms with van der Waals surface area (Å²) in [5.74, 6) is -1.50. The summed E-state index contributed by atoms with van der Waals surface area (Å²) in [4.78, 5) is 24.8. The van der Waals surface area contributed by atoms with E-state index < -0.39 is 23.7 Å². The molecule has 0 heterocycles. The zero-order valence-electron chi connectivity index (χ0n) is 22.6. The normalized spacial score (nSPS) is 12.0. The molecule has 0 saturated heterocycles. The minimum absolute atomic E-state index is 0.120. The number of halogens is 1.